The summed E-state index contributed by atoms with van der Waals surface area (Å²) in [5.41, 5.74) is 10.2. The standard InChI is InChI=1S/C6H8N4O2/c7-4(5(8)12)6-9-1-3(11)2-10-6/h1-2,4,11H,7H2,(H2,8,12). The SMILES string of the molecule is NC(=O)C(N)c1ncc(O)cn1. The third kappa shape index (κ3) is 1.67. The molecule has 0 aliphatic carbocycles. The summed E-state index contributed by atoms with van der Waals surface area (Å²) < 4.78 is 0. The fraction of sp³-hybridized carbons (Fsp3) is 0.167. The molecule has 12 heavy (non-hydrogen) atoms. The molecule has 0 saturated carbocycles. The second-order valence-corrected chi connectivity index (χ2v) is 2.18. The van der Waals surface area contributed by atoms with Crippen molar-refractivity contribution in [2.75, 3.05) is 0 Å². The van der Waals surface area contributed by atoms with Gasteiger partial charge in [0.2, 0.25) is 5.91 Å². The van der Waals surface area contributed by atoms with Crippen molar-refractivity contribution in [2.24, 2.45) is 11.5 Å². The van der Waals surface area contributed by atoms with Crippen LogP contribution in [0.5, 0.6) is 5.75 Å². The number of nitrogens with two attached hydrogens (primary N) is 2. The van der Waals surface area contributed by atoms with E-state index < -0.39 is 11.9 Å². The molecule has 0 fully saturated rings. The van der Waals surface area contributed by atoms with Gasteiger partial charge in [-0.25, -0.2) is 9.97 Å². The van der Waals surface area contributed by atoms with Crippen LogP contribution in [-0.4, -0.2) is 21.0 Å². The van der Waals surface area contributed by atoms with Gasteiger partial charge in [-0.1, -0.05) is 0 Å². The summed E-state index contributed by atoms with van der Waals surface area (Å²) in [5.74, 6) is -0.698. The first-order valence-corrected chi connectivity index (χ1v) is 3.17. The van der Waals surface area contributed by atoms with Crippen molar-refractivity contribution < 1.29 is 9.90 Å². The molecule has 1 aromatic heterocycles. The van der Waals surface area contributed by atoms with E-state index in [1.807, 2.05) is 0 Å². The van der Waals surface area contributed by atoms with E-state index in [1.165, 1.54) is 0 Å². The largest absolute Gasteiger partial charge is 0.505 e. The Morgan fingerprint density at radius 1 is 1.50 bits per heavy atom. The third-order valence-electron chi connectivity index (χ3n) is 1.24. The zero-order chi connectivity index (χ0) is 9.14. The zero-order valence-electron chi connectivity index (χ0n) is 6.14. The molecule has 1 atom stereocenters. The van der Waals surface area contributed by atoms with Crippen molar-refractivity contribution in [3.63, 3.8) is 0 Å². The van der Waals surface area contributed by atoms with Crippen molar-refractivity contribution in [2.45, 2.75) is 6.04 Å². The Labute approximate surface area is 68.2 Å². The van der Waals surface area contributed by atoms with Gasteiger partial charge in [-0.2, -0.15) is 0 Å². The number of amides is 1. The lowest BCUT2D eigenvalue weighted by Gasteiger charge is -2.03. The van der Waals surface area contributed by atoms with E-state index in [0.717, 1.165) is 12.4 Å². The van der Waals surface area contributed by atoms with E-state index in [9.17, 15) is 4.79 Å². The maximum absolute atomic E-state index is 10.5. The Balaban J connectivity index is 2.89. The Hall–Kier alpha value is -1.69. The highest BCUT2D eigenvalue weighted by molar-refractivity contribution is 5.80. The smallest absolute Gasteiger partial charge is 0.242 e. The molecule has 1 rings (SSSR count). The first-order chi connectivity index (χ1) is 5.61. The number of rotatable bonds is 2. The van der Waals surface area contributed by atoms with Crippen molar-refractivity contribution >= 4 is 5.91 Å². The molecular formula is C6H8N4O2. The molecule has 1 amide bonds. The molecule has 0 bridgehead atoms. The average molecular weight is 168 g/mol. The number of nitrogens with zero attached hydrogens (tertiary/aromatic N) is 2. The van der Waals surface area contributed by atoms with Crippen LogP contribution < -0.4 is 11.5 Å². The molecule has 0 saturated heterocycles. The minimum absolute atomic E-state index is 0.0876. The van der Waals surface area contributed by atoms with Crippen LogP contribution in [0.4, 0.5) is 0 Å². The van der Waals surface area contributed by atoms with Crippen molar-refractivity contribution in [3.05, 3.63) is 18.2 Å². The van der Waals surface area contributed by atoms with Gasteiger partial charge in [0.1, 0.15) is 6.04 Å². The number of carbonyl (C=O) groups is 1. The zero-order valence-corrected chi connectivity index (χ0v) is 6.14. The number of hydrogen-bond donors (Lipinski definition) is 3. The normalized spacial score (nSPS) is 12.4. The van der Waals surface area contributed by atoms with Gasteiger partial charge in [0.15, 0.2) is 11.6 Å². The van der Waals surface area contributed by atoms with E-state index in [1.54, 1.807) is 0 Å². The predicted octanol–water partition coefficient (Wildman–Crippen LogP) is -1.33. The molecule has 6 nitrogen and oxygen atoms in total. The van der Waals surface area contributed by atoms with E-state index in [2.05, 4.69) is 9.97 Å². The third-order valence-corrected chi connectivity index (χ3v) is 1.24. The molecular weight excluding hydrogens is 160 g/mol. The highest BCUT2D eigenvalue weighted by Crippen LogP contribution is 2.06. The first-order valence-electron chi connectivity index (χ1n) is 3.17. The molecule has 0 aliphatic heterocycles. The predicted molar refractivity (Wildman–Crippen MR) is 39.8 cm³/mol. The van der Waals surface area contributed by atoms with Gasteiger partial charge >= 0.3 is 0 Å². The van der Waals surface area contributed by atoms with Crippen molar-refractivity contribution in [1.82, 2.24) is 9.97 Å². The number of aromatic hydroxyl groups is 1. The van der Waals surface area contributed by atoms with Crippen molar-refractivity contribution in [3.8, 4) is 5.75 Å². The Morgan fingerprint density at radius 3 is 2.42 bits per heavy atom. The summed E-state index contributed by atoms with van der Waals surface area (Å²) in [6.07, 6.45) is 2.29. The summed E-state index contributed by atoms with van der Waals surface area (Å²) in [4.78, 5) is 17.8. The molecule has 1 aromatic rings. The average Bonchev–Trinajstić information content (AvgIpc) is 2.04. The van der Waals surface area contributed by atoms with E-state index in [4.69, 9.17) is 16.6 Å². The molecule has 0 aliphatic rings. The fourth-order valence-corrected chi connectivity index (χ4v) is 0.619. The summed E-state index contributed by atoms with van der Waals surface area (Å²) >= 11 is 0. The first kappa shape index (κ1) is 8.41. The Morgan fingerprint density at radius 2 is 2.00 bits per heavy atom. The number of hydrogen-bond acceptors (Lipinski definition) is 5. The van der Waals surface area contributed by atoms with Crippen LogP contribution in [0.3, 0.4) is 0 Å². The van der Waals surface area contributed by atoms with Crippen molar-refractivity contribution in [1.29, 1.82) is 0 Å². The van der Waals surface area contributed by atoms with Crippen LogP contribution in [0.15, 0.2) is 12.4 Å². The van der Waals surface area contributed by atoms with Gasteiger partial charge in [0, 0.05) is 0 Å². The van der Waals surface area contributed by atoms with Gasteiger partial charge in [-0.3, -0.25) is 4.79 Å². The number of aromatic nitrogens is 2. The van der Waals surface area contributed by atoms with Crippen LogP contribution in [0.2, 0.25) is 0 Å². The maximum Gasteiger partial charge on any atom is 0.242 e. The van der Waals surface area contributed by atoms with Crippen LogP contribution in [0.25, 0.3) is 0 Å². The van der Waals surface area contributed by atoms with E-state index in [0.29, 0.717) is 0 Å². The second kappa shape index (κ2) is 3.14. The van der Waals surface area contributed by atoms with Crippen LogP contribution >= 0.6 is 0 Å². The summed E-state index contributed by atoms with van der Waals surface area (Å²) in [6.45, 7) is 0. The molecule has 0 radical (unpaired) electrons. The van der Waals surface area contributed by atoms with Gasteiger partial charge in [0.05, 0.1) is 12.4 Å². The molecule has 5 N–H and O–H groups in total. The van der Waals surface area contributed by atoms with Gasteiger partial charge in [-0.15, -0.1) is 0 Å². The molecule has 0 spiro atoms. The Kier molecular flexibility index (Phi) is 2.20. The second-order valence-electron chi connectivity index (χ2n) is 2.18. The quantitative estimate of drug-likeness (QED) is 0.506. The lowest BCUT2D eigenvalue weighted by Crippen LogP contribution is -2.29. The highest BCUT2D eigenvalue weighted by atomic mass is 16.3. The van der Waals surface area contributed by atoms with Crippen LogP contribution in [0, 0.1) is 0 Å². The molecule has 1 unspecified atom stereocenters. The van der Waals surface area contributed by atoms with Gasteiger partial charge in [0.25, 0.3) is 0 Å². The molecule has 0 aromatic carbocycles. The Bertz CT molecular complexity index is 284. The minimum Gasteiger partial charge on any atom is -0.505 e. The lowest BCUT2D eigenvalue weighted by atomic mass is 10.3. The fourth-order valence-electron chi connectivity index (χ4n) is 0.619. The molecule has 6 heteroatoms. The highest BCUT2D eigenvalue weighted by Gasteiger charge is 2.14. The molecule has 1 heterocycles. The number of primary amides is 1. The topological polar surface area (TPSA) is 115 Å². The van der Waals surface area contributed by atoms with E-state index in [-0.39, 0.29) is 11.6 Å². The monoisotopic (exact) mass is 168 g/mol. The summed E-state index contributed by atoms with van der Waals surface area (Å²) in [7, 11) is 0. The lowest BCUT2D eigenvalue weighted by molar-refractivity contribution is -0.119. The maximum atomic E-state index is 10.5. The summed E-state index contributed by atoms with van der Waals surface area (Å²) in [5, 5.41) is 8.80. The number of carbonyl (C=O) groups excluding carboxylic acids is 1. The summed E-state index contributed by atoms with van der Waals surface area (Å²) in [6, 6.07) is -1.02. The van der Waals surface area contributed by atoms with Crippen LogP contribution in [-0.2, 0) is 4.79 Å². The minimum atomic E-state index is -1.02. The molecule has 64 valence electrons. The van der Waals surface area contributed by atoms with Crippen LogP contribution in [0.1, 0.15) is 11.9 Å². The van der Waals surface area contributed by atoms with E-state index >= 15 is 0 Å². The van der Waals surface area contributed by atoms with Gasteiger partial charge < -0.3 is 16.6 Å². The van der Waals surface area contributed by atoms with Gasteiger partial charge in [-0.05, 0) is 0 Å².